The monoisotopic (exact) mass is 222 g/mol. The van der Waals surface area contributed by atoms with Crippen LogP contribution in [0.25, 0.3) is 0 Å². The van der Waals surface area contributed by atoms with Crippen molar-refractivity contribution in [2.24, 2.45) is 7.05 Å². The van der Waals surface area contributed by atoms with E-state index in [1.165, 1.54) is 21.4 Å². The predicted molar refractivity (Wildman–Crippen MR) is 64.6 cm³/mol. The van der Waals surface area contributed by atoms with E-state index in [0.29, 0.717) is 6.54 Å². The Balaban J connectivity index is 2.60. The minimum Gasteiger partial charge on any atom is -0.303 e. The van der Waals surface area contributed by atoms with Crippen LogP contribution in [0.4, 0.5) is 0 Å². The fourth-order valence-electron chi connectivity index (χ4n) is 1.56. The number of rotatable bonds is 6. The van der Waals surface area contributed by atoms with Crippen LogP contribution >= 0.6 is 0 Å². The third kappa shape index (κ3) is 3.22. The van der Waals surface area contributed by atoms with Gasteiger partial charge in [0.2, 0.25) is 0 Å². The first-order valence-corrected chi connectivity index (χ1v) is 5.54. The van der Waals surface area contributed by atoms with Crippen molar-refractivity contribution in [3.8, 4) is 0 Å². The molecule has 0 saturated carbocycles. The van der Waals surface area contributed by atoms with Gasteiger partial charge in [-0.05, 0) is 19.3 Å². The number of allylic oxidation sites excluding steroid dienone is 1. The van der Waals surface area contributed by atoms with Crippen LogP contribution in [-0.4, -0.2) is 9.13 Å². The molecule has 16 heavy (non-hydrogen) atoms. The fourth-order valence-corrected chi connectivity index (χ4v) is 1.56. The summed E-state index contributed by atoms with van der Waals surface area (Å²) in [5.74, 6) is 0. The van der Waals surface area contributed by atoms with Gasteiger partial charge in [-0.25, -0.2) is 4.79 Å². The molecule has 0 unspecified atom stereocenters. The van der Waals surface area contributed by atoms with Gasteiger partial charge in [-0.1, -0.05) is 12.5 Å². The van der Waals surface area contributed by atoms with Gasteiger partial charge < -0.3 is 4.57 Å². The maximum Gasteiger partial charge on any atom is 0.330 e. The Labute approximate surface area is 94.8 Å². The minimum absolute atomic E-state index is 0.216. The van der Waals surface area contributed by atoms with E-state index in [0.717, 1.165) is 25.7 Å². The summed E-state index contributed by atoms with van der Waals surface area (Å²) < 4.78 is 2.71. The van der Waals surface area contributed by atoms with E-state index in [1.807, 2.05) is 6.08 Å². The van der Waals surface area contributed by atoms with Crippen molar-refractivity contribution in [1.29, 1.82) is 0 Å². The molecule has 0 aliphatic carbocycles. The van der Waals surface area contributed by atoms with Crippen molar-refractivity contribution in [2.45, 2.75) is 32.2 Å². The van der Waals surface area contributed by atoms with Crippen LogP contribution < -0.4 is 11.2 Å². The van der Waals surface area contributed by atoms with Crippen molar-refractivity contribution in [2.75, 3.05) is 0 Å². The summed E-state index contributed by atoms with van der Waals surface area (Å²) in [4.78, 5) is 23.1. The molecule has 1 aromatic rings. The minimum atomic E-state index is -0.240. The normalized spacial score (nSPS) is 10.3. The van der Waals surface area contributed by atoms with Crippen LogP contribution in [0, 0.1) is 0 Å². The van der Waals surface area contributed by atoms with Gasteiger partial charge in [0.1, 0.15) is 0 Å². The number of unbranched alkanes of at least 4 members (excludes halogenated alkanes) is 3. The van der Waals surface area contributed by atoms with Gasteiger partial charge >= 0.3 is 5.69 Å². The molecule has 0 aromatic carbocycles. The molecule has 0 fully saturated rings. The highest BCUT2D eigenvalue weighted by Gasteiger charge is 2.01. The van der Waals surface area contributed by atoms with Crippen LogP contribution in [0.1, 0.15) is 25.7 Å². The van der Waals surface area contributed by atoms with Crippen LogP contribution in [0.15, 0.2) is 34.5 Å². The molecule has 4 heteroatoms. The fraction of sp³-hybridized carbons (Fsp3) is 0.500. The lowest BCUT2D eigenvalue weighted by molar-refractivity contribution is 0.537. The van der Waals surface area contributed by atoms with E-state index >= 15 is 0 Å². The smallest absolute Gasteiger partial charge is 0.303 e. The quantitative estimate of drug-likeness (QED) is 0.538. The van der Waals surface area contributed by atoms with Crippen LogP contribution in [0.2, 0.25) is 0 Å². The lowest BCUT2D eigenvalue weighted by atomic mass is 10.2. The number of aryl methyl sites for hydroxylation is 1. The Kier molecular flexibility index (Phi) is 4.76. The SMILES string of the molecule is C=CCCCCCn1c(=O)ccn(C)c1=O. The number of aromatic nitrogens is 2. The zero-order chi connectivity index (χ0) is 12.0. The summed E-state index contributed by atoms with van der Waals surface area (Å²) in [7, 11) is 1.65. The summed E-state index contributed by atoms with van der Waals surface area (Å²) in [6.45, 7) is 4.15. The molecule has 0 radical (unpaired) electrons. The molecule has 1 aromatic heterocycles. The first-order valence-electron chi connectivity index (χ1n) is 5.54. The molecular weight excluding hydrogens is 204 g/mol. The molecule has 0 bridgehead atoms. The molecule has 0 spiro atoms. The molecule has 4 nitrogen and oxygen atoms in total. The van der Waals surface area contributed by atoms with E-state index in [-0.39, 0.29) is 11.2 Å². The number of nitrogens with zero attached hydrogens (tertiary/aromatic N) is 2. The van der Waals surface area contributed by atoms with E-state index in [1.54, 1.807) is 7.05 Å². The number of hydrogen-bond donors (Lipinski definition) is 0. The lowest BCUT2D eigenvalue weighted by Crippen LogP contribution is -2.37. The molecule has 0 saturated heterocycles. The first-order chi connectivity index (χ1) is 7.66. The summed E-state index contributed by atoms with van der Waals surface area (Å²) >= 11 is 0. The summed E-state index contributed by atoms with van der Waals surface area (Å²) in [6.07, 6.45) is 7.29. The molecule has 0 aliphatic heterocycles. The van der Waals surface area contributed by atoms with Crippen LogP contribution in [0.3, 0.4) is 0 Å². The van der Waals surface area contributed by atoms with E-state index in [2.05, 4.69) is 6.58 Å². The average Bonchev–Trinajstić information content (AvgIpc) is 2.28. The van der Waals surface area contributed by atoms with Crippen molar-refractivity contribution in [3.63, 3.8) is 0 Å². The molecule has 0 N–H and O–H groups in total. The Hall–Kier alpha value is -1.58. The molecule has 0 atom stereocenters. The van der Waals surface area contributed by atoms with Gasteiger partial charge in [-0.3, -0.25) is 9.36 Å². The van der Waals surface area contributed by atoms with Crippen molar-refractivity contribution in [3.05, 3.63) is 45.8 Å². The maximum atomic E-state index is 11.6. The highest BCUT2D eigenvalue weighted by Crippen LogP contribution is 2.00. The van der Waals surface area contributed by atoms with Gasteiger partial charge in [-0.15, -0.1) is 6.58 Å². The third-order valence-electron chi connectivity index (χ3n) is 2.53. The topological polar surface area (TPSA) is 44.0 Å². The van der Waals surface area contributed by atoms with Crippen LogP contribution in [-0.2, 0) is 13.6 Å². The van der Waals surface area contributed by atoms with E-state index in [4.69, 9.17) is 0 Å². The lowest BCUT2D eigenvalue weighted by Gasteiger charge is -2.05. The zero-order valence-electron chi connectivity index (χ0n) is 9.69. The molecule has 0 amide bonds. The molecule has 1 rings (SSSR count). The predicted octanol–water partition coefficient (Wildman–Crippen LogP) is 1.29. The molecule has 0 aliphatic rings. The van der Waals surface area contributed by atoms with Gasteiger partial charge in [0.25, 0.3) is 5.56 Å². The standard InChI is InChI=1S/C12H18N2O2/c1-3-4-5-6-7-9-14-11(15)8-10-13(2)12(14)16/h3,8,10H,1,4-7,9H2,2H3. The highest BCUT2D eigenvalue weighted by molar-refractivity contribution is 4.85. The highest BCUT2D eigenvalue weighted by atomic mass is 16.2. The first kappa shape index (κ1) is 12.5. The van der Waals surface area contributed by atoms with Gasteiger partial charge in [-0.2, -0.15) is 0 Å². The number of hydrogen-bond acceptors (Lipinski definition) is 2. The summed E-state index contributed by atoms with van der Waals surface area (Å²) in [5.41, 5.74) is -0.456. The van der Waals surface area contributed by atoms with Gasteiger partial charge in [0.05, 0.1) is 0 Å². The van der Waals surface area contributed by atoms with Crippen molar-refractivity contribution < 1.29 is 0 Å². The second-order valence-electron chi connectivity index (χ2n) is 3.84. The second-order valence-corrected chi connectivity index (χ2v) is 3.84. The van der Waals surface area contributed by atoms with E-state index in [9.17, 15) is 9.59 Å². The molecule has 88 valence electrons. The summed E-state index contributed by atoms with van der Waals surface area (Å²) in [6, 6.07) is 1.42. The van der Waals surface area contributed by atoms with E-state index < -0.39 is 0 Å². The Morgan fingerprint density at radius 1 is 1.31 bits per heavy atom. The van der Waals surface area contributed by atoms with Crippen LogP contribution in [0.5, 0.6) is 0 Å². The zero-order valence-corrected chi connectivity index (χ0v) is 9.69. The van der Waals surface area contributed by atoms with Crippen molar-refractivity contribution >= 4 is 0 Å². The van der Waals surface area contributed by atoms with Crippen molar-refractivity contribution in [1.82, 2.24) is 9.13 Å². The maximum absolute atomic E-state index is 11.6. The summed E-state index contributed by atoms with van der Waals surface area (Å²) in [5, 5.41) is 0. The third-order valence-corrected chi connectivity index (χ3v) is 2.53. The molecule has 1 heterocycles. The van der Waals surface area contributed by atoms with Gasteiger partial charge in [0, 0.05) is 25.9 Å². The Morgan fingerprint density at radius 3 is 2.75 bits per heavy atom. The average molecular weight is 222 g/mol. The molecular formula is C12H18N2O2. The Morgan fingerprint density at radius 2 is 2.06 bits per heavy atom. The largest absolute Gasteiger partial charge is 0.330 e. The Bertz CT molecular complexity index is 457. The van der Waals surface area contributed by atoms with Gasteiger partial charge in [0.15, 0.2) is 0 Å². The second kappa shape index (κ2) is 6.10.